The molecular formula is C13H18O5. The van der Waals surface area contributed by atoms with Crippen LogP contribution in [0.4, 0.5) is 0 Å². The van der Waals surface area contributed by atoms with Crippen LogP contribution in [0.2, 0.25) is 0 Å². The largest absolute Gasteiger partial charge is 0.468 e. The average Bonchev–Trinajstić information content (AvgIpc) is 2.41. The Morgan fingerprint density at radius 3 is 2.06 bits per heavy atom. The fourth-order valence-corrected chi connectivity index (χ4v) is 1.73. The number of methoxy groups -OCH3 is 2. The second-order valence-corrected chi connectivity index (χ2v) is 3.72. The first kappa shape index (κ1) is 16.1. The van der Waals surface area contributed by atoms with Crippen LogP contribution >= 0.6 is 0 Å². The van der Waals surface area contributed by atoms with Gasteiger partial charge in [-0.05, 0) is 25.3 Å². The standard InChI is InChI=1S/C13H18O5/c1-4-5-6-8-13(9-7-10-14,11(15)17-2)12(16)18-3/h5,10H,1,6-9H2,2-3H3. The van der Waals surface area contributed by atoms with Crippen LogP contribution < -0.4 is 0 Å². The van der Waals surface area contributed by atoms with Crippen molar-refractivity contribution in [2.45, 2.75) is 25.7 Å². The molecule has 100 valence electrons. The number of esters is 2. The molecule has 0 aliphatic heterocycles. The smallest absolute Gasteiger partial charge is 0.323 e. The quantitative estimate of drug-likeness (QED) is 0.283. The minimum atomic E-state index is -1.43. The number of carbonyl (C=O) groups excluding carboxylic acids is 3. The zero-order chi connectivity index (χ0) is 14.0. The molecule has 18 heavy (non-hydrogen) atoms. The normalized spacial score (nSPS) is 10.1. The van der Waals surface area contributed by atoms with E-state index in [1.807, 2.05) is 0 Å². The number of allylic oxidation sites excluding steroid dienone is 1. The van der Waals surface area contributed by atoms with E-state index in [1.165, 1.54) is 14.2 Å². The van der Waals surface area contributed by atoms with Crippen molar-refractivity contribution in [1.29, 1.82) is 0 Å². The number of carbonyl (C=O) groups is 3. The summed E-state index contributed by atoms with van der Waals surface area (Å²) in [6.45, 7) is 3.40. The van der Waals surface area contributed by atoms with Crippen molar-refractivity contribution in [3.05, 3.63) is 18.4 Å². The summed E-state index contributed by atoms with van der Waals surface area (Å²) in [6, 6.07) is 0. The highest BCUT2D eigenvalue weighted by atomic mass is 16.5. The second-order valence-electron chi connectivity index (χ2n) is 3.72. The van der Waals surface area contributed by atoms with Crippen molar-refractivity contribution in [1.82, 2.24) is 0 Å². The first-order valence-corrected chi connectivity index (χ1v) is 5.53. The number of ether oxygens (including phenoxy) is 2. The summed E-state index contributed by atoms with van der Waals surface area (Å²) in [5.74, 6) is -1.37. The molecule has 0 N–H and O–H groups in total. The zero-order valence-corrected chi connectivity index (χ0v) is 10.7. The first-order valence-electron chi connectivity index (χ1n) is 5.53. The molecule has 0 unspecified atom stereocenters. The van der Waals surface area contributed by atoms with Crippen molar-refractivity contribution in [3.8, 4) is 0 Å². The molecule has 0 amide bonds. The van der Waals surface area contributed by atoms with Gasteiger partial charge in [-0.25, -0.2) is 0 Å². The van der Waals surface area contributed by atoms with Gasteiger partial charge in [0.2, 0.25) is 0 Å². The van der Waals surface area contributed by atoms with Crippen LogP contribution in [0.25, 0.3) is 0 Å². The molecule has 0 aromatic carbocycles. The van der Waals surface area contributed by atoms with Gasteiger partial charge in [-0.2, -0.15) is 0 Å². The zero-order valence-electron chi connectivity index (χ0n) is 10.7. The maximum absolute atomic E-state index is 11.8. The van der Waals surface area contributed by atoms with E-state index < -0.39 is 17.4 Å². The molecule has 0 fully saturated rings. The predicted molar refractivity (Wildman–Crippen MR) is 64.7 cm³/mol. The van der Waals surface area contributed by atoms with E-state index in [9.17, 15) is 14.4 Å². The lowest BCUT2D eigenvalue weighted by Gasteiger charge is -2.26. The van der Waals surface area contributed by atoms with Gasteiger partial charge in [-0.3, -0.25) is 9.59 Å². The number of hydrogen-bond acceptors (Lipinski definition) is 5. The highest BCUT2D eigenvalue weighted by molar-refractivity contribution is 6.00. The van der Waals surface area contributed by atoms with Gasteiger partial charge in [0.15, 0.2) is 5.41 Å². The van der Waals surface area contributed by atoms with E-state index in [0.717, 1.165) is 0 Å². The Kier molecular flexibility index (Phi) is 7.40. The Morgan fingerprint density at radius 2 is 1.67 bits per heavy atom. The third-order valence-electron chi connectivity index (χ3n) is 2.70. The van der Waals surface area contributed by atoms with Crippen molar-refractivity contribution >= 4 is 18.2 Å². The molecule has 0 radical (unpaired) electrons. The van der Waals surface area contributed by atoms with E-state index in [2.05, 4.69) is 21.8 Å². The highest BCUT2D eigenvalue weighted by Gasteiger charge is 2.47. The monoisotopic (exact) mass is 254 g/mol. The van der Waals surface area contributed by atoms with Crippen LogP contribution in [0, 0.1) is 5.41 Å². The fraction of sp³-hybridized carbons (Fsp3) is 0.538. The van der Waals surface area contributed by atoms with Gasteiger partial charge in [-0.15, -0.1) is 5.73 Å². The number of hydrogen-bond donors (Lipinski definition) is 0. The van der Waals surface area contributed by atoms with Gasteiger partial charge in [0.25, 0.3) is 0 Å². The van der Waals surface area contributed by atoms with Crippen LogP contribution in [0.5, 0.6) is 0 Å². The van der Waals surface area contributed by atoms with Gasteiger partial charge >= 0.3 is 11.9 Å². The van der Waals surface area contributed by atoms with Gasteiger partial charge in [0.1, 0.15) is 6.29 Å². The van der Waals surface area contributed by atoms with Gasteiger partial charge < -0.3 is 14.3 Å². The molecular weight excluding hydrogens is 236 g/mol. The summed E-state index contributed by atoms with van der Waals surface area (Å²) in [5.41, 5.74) is 1.13. The maximum Gasteiger partial charge on any atom is 0.323 e. The Labute approximate surface area is 106 Å². The van der Waals surface area contributed by atoms with Crippen LogP contribution in [0.1, 0.15) is 25.7 Å². The molecule has 0 heterocycles. The predicted octanol–water partition coefficient (Wildman–Crippen LogP) is 1.42. The molecule has 0 atom stereocenters. The Bertz CT molecular complexity index is 336. The minimum absolute atomic E-state index is 0.0703. The summed E-state index contributed by atoms with van der Waals surface area (Å²) >= 11 is 0. The van der Waals surface area contributed by atoms with Gasteiger partial charge in [0.05, 0.1) is 14.2 Å². The van der Waals surface area contributed by atoms with Crippen LogP contribution in [-0.4, -0.2) is 32.4 Å². The first-order chi connectivity index (χ1) is 8.58. The average molecular weight is 254 g/mol. The molecule has 0 aliphatic carbocycles. The van der Waals surface area contributed by atoms with E-state index >= 15 is 0 Å². The van der Waals surface area contributed by atoms with Crippen LogP contribution in [-0.2, 0) is 23.9 Å². The highest BCUT2D eigenvalue weighted by Crippen LogP contribution is 2.33. The molecule has 0 aromatic heterocycles. The molecule has 0 saturated carbocycles. The van der Waals surface area contributed by atoms with E-state index in [4.69, 9.17) is 0 Å². The lowest BCUT2D eigenvalue weighted by atomic mass is 9.79. The Hall–Kier alpha value is -1.87. The van der Waals surface area contributed by atoms with Crippen LogP contribution in [0.3, 0.4) is 0 Å². The third-order valence-corrected chi connectivity index (χ3v) is 2.70. The van der Waals surface area contributed by atoms with E-state index in [0.29, 0.717) is 12.7 Å². The van der Waals surface area contributed by atoms with Crippen molar-refractivity contribution in [3.63, 3.8) is 0 Å². The second kappa shape index (κ2) is 8.25. The Balaban J connectivity index is 5.22. The number of aldehydes is 1. The molecule has 5 nitrogen and oxygen atoms in total. The molecule has 0 bridgehead atoms. The Morgan fingerprint density at radius 1 is 1.17 bits per heavy atom. The summed E-state index contributed by atoms with van der Waals surface area (Å²) < 4.78 is 9.32. The molecule has 0 saturated heterocycles. The van der Waals surface area contributed by atoms with E-state index in [-0.39, 0.29) is 19.3 Å². The molecule has 0 aliphatic rings. The summed E-state index contributed by atoms with van der Waals surface area (Å²) in [4.78, 5) is 34.2. The van der Waals surface area contributed by atoms with Crippen LogP contribution in [0.15, 0.2) is 18.4 Å². The SMILES string of the molecule is C=C=CCCC(CCC=O)(C(=O)OC)C(=O)OC. The van der Waals surface area contributed by atoms with Crippen molar-refractivity contribution in [2.75, 3.05) is 14.2 Å². The summed E-state index contributed by atoms with van der Waals surface area (Å²) in [6.07, 6.45) is 3.05. The fourth-order valence-electron chi connectivity index (χ4n) is 1.73. The molecule has 0 spiro atoms. The maximum atomic E-state index is 11.8. The molecule has 5 heteroatoms. The minimum Gasteiger partial charge on any atom is -0.468 e. The van der Waals surface area contributed by atoms with E-state index in [1.54, 1.807) is 6.08 Å². The summed E-state index contributed by atoms with van der Waals surface area (Å²) in [7, 11) is 2.40. The molecule has 0 aromatic rings. The van der Waals surface area contributed by atoms with Gasteiger partial charge in [0, 0.05) is 6.42 Å². The van der Waals surface area contributed by atoms with Crippen molar-refractivity contribution in [2.24, 2.45) is 5.41 Å². The lowest BCUT2D eigenvalue weighted by molar-refractivity contribution is -0.170. The van der Waals surface area contributed by atoms with Crippen molar-refractivity contribution < 1.29 is 23.9 Å². The lowest BCUT2D eigenvalue weighted by Crippen LogP contribution is -2.41. The number of rotatable bonds is 8. The topological polar surface area (TPSA) is 69.7 Å². The molecule has 0 rings (SSSR count). The third kappa shape index (κ3) is 3.86. The summed E-state index contributed by atoms with van der Waals surface area (Å²) in [5, 5.41) is 0. The van der Waals surface area contributed by atoms with Gasteiger partial charge in [-0.1, -0.05) is 6.58 Å².